The number of hydrogen-bond donors (Lipinski definition) is 1. The Kier molecular flexibility index (Phi) is 4.19. The SMILES string of the molecule is O=C(CO)N1CCN(c2cc(F)ccc2Br)CC1. The van der Waals surface area contributed by atoms with E-state index in [0.717, 1.165) is 10.2 Å². The number of halogens is 2. The van der Waals surface area contributed by atoms with Crippen molar-refractivity contribution in [3.8, 4) is 0 Å². The van der Waals surface area contributed by atoms with E-state index in [4.69, 9.17) is 5.11 Å². The van der Waals surface area contributed by atoms with E-state index in [1.807, 2.05) is 4.90 Å². The van der Waals surface area contributed by atoms with Crippen molar-refractivity contribution >= 4 is 27.5 Å². The van der Waals surface area contributed by atoms with Crippen LogP contribution in [0.3, 0.4) is 0 Å². The molecule has 2 rings (SSSR count). The molecular formula is C12H14BrFN2O2. The van der Waals surface area contributed by atoms with Crippen molar-refractivity contribution in [2.45, 2.75) is 0 Å². The molecule has 0 spiro atoms. The summed E-state index contributed by atoms with van der Waals surface area (Å²) >= 11 is 3.39. The average Bonchev–Trinajstić information content (AvgIpc) is 2.41. The largest absolute Gasteiger partial charge is 0.387 e. The molecule has 0 saturated carbocycles. The minimum absolute atomic E-state index is 0.257. The number of hydrogen-bond acceptors (Lipinski definition) is 3. The molecule has 0 bridgehead atoms. The second-order valence-electron chi connectivity index (χ2n) is 4.12. The van der Waals surface area contributed by atoms with E-state index in [1.165, 1.54) is 12.1 Å². The first-order valence-electron chi connectivity index (χ1n) is 5.70. The quantitative estimate of drug-likeness (QED) is 0.892. The molecule has 4 nitrogen and oxygen atoms in total. The van der Waals surface area contributed by atoms with Crippen LogP contribution in [0.1, 0.15) is 0 Å². The van der Waals surface area contributed by atoms with Gasteiger partial charge in [-0.15, -0.1) is 0 Å². The van der Waals surface area contributed by atoms with Crippen LogP contribution in [0.15, 0.2) is 22.7 Å². The normalized spacial score (nSPS) is 15.9. The van der Waals surface area contributed by atoms with Crippen LogP contribution < -0.4 is 4.90 Å². The Balaban J connectivity index is 2.05. The molecule has 0 radical (unpaired) electrons. The third kappa shape index (κ3) is 2.81. The Hall–Kier alpha value is -1.14. The molecule has 1 fully saturated rings. The molecule has 1 heterocycles. The Bertz CT molecular complexity index is 448. The predicted octanol–water partition coefficient (Wildman–Crippen LogP) is 1.23. The Morgan fingerprint density at radius 3 is 2.61 bits per heavy atom. The first-order chi connectivity index (χ1) is 8.61. The van der Waals surface area contributed by atoms with Gasteiger partial charge in [-0.1, -0.05) is 0 Å². The third-order valence-electron chi connectivity index (χ3n) is 3.02. The lowest BCUT2D eigenvalue weighted by Gasteiger charge is -2.36. The van der Waals surface area contributed by atoms with E-state index in [-0.39, 0.29) is 11.7 Å². The standard InChI is InChI=1S/C12H14BrFN2O2/c13-10-2-1-9(14)7-11(10)15-3-5-16(6-4-15)12(18)8-17/h1-2,7,17H,3-6,8H2. The summed E-state index contributed by atoms with van der Waals surface area (Å²) in [4.78, 5) is 15.0. The van der Waals surface area contributed by atoms with E-state index >= 15 is 0 Å². The van der Waals surface area contributed by atoms with Crippen molar-refractivity contribution in [1.29, 1.82) is 0 Å². The molecule has 1 aliphatic rings. The van der Waals surface area contributed by atoms with E-state index in [9.17, 15) is 9.18 Å². The van der Waals surface area contributed by atoms with Gasteiger partial charge >= 0.3 is 0 Å². The number of benzene rings is 1. The van der Waals surface area contributed by atoms with Crippen LogP contribution in [-0.4, -0.2) is 48.7 Å². The van der Waals surface area contributed by atoms with Gasteiger partial charge in [0.15, 0.2) is 0 Å². The predicted molar refractivity (Wildman–Crippen MR) is 70.0 cm³/mol. The number of nitrogens with zero attached hydrogens (tertiary/aromatic N) is 2. The highest BCUT2D eigenvalue weighted by molar-refractivity contribution is 9.10. The summed E-state index contributed by atoms with van der Waals surface area (Å²) in [6.45, 7) is 1.90. The number of aliphatic hydroxyl groups excluding tert-OH is 1. The second kappa shape index (κ2) is 5.67. The van der Waals surface area contributed by atoms with Gasteiger partial charge in [0, 0.05) is 30.7 Å². The Labute approximate surface area is 113 Å². The van der Waals surface area contributed by atoms with Crippen LogP contribution >= 0.6 is 15.9 Å². The smallest absolute Gasteiger partial charge is 0.248 e. The van der Waals surface area contributed by atoms with Crippen LogP contribution in [-0.2, 0) is 4.79 Å². The summed E-state index contributed by atoms with van der Waals surface area (Å²) in [6.07, 6.45) is 0. The molecule has 1 aliphatic heterocycles. The molecule has 1 amide bonds. The fourth-order valence-electron chi connectivity index (χ4n) is 2.02. The van der Waals surface area contributed by atoms with Gasteiger partial charge in [-0.05, 0) is 34.1 Å². The third-order valence-corrected chi connectivity index (χ3v) is 3.69. The molecule has 1 aromatic rings. The summed E-state index contributed by atoms with van der Waals surface area (Å²) in [5, 5.41) is 8.79. The number of carbonyl (C=O) groups excluding carboxylic acids is 1. The number of carbonyl (C=O) groups is 1. The number of anilines is 1. The van der Waals surface area contributed by atoms with Crippen LogP contribution in [0, 0.1) is 5.82 Å². The highest BCUT2D eigenvalue weighted by atomic mass is 79.9. The lowest BCUT2D eigenvalue weighted by atomic mass is 10.2. The molecule has 6 heteroatoms. The fourth-order valence-corrected chi connectivity index (χ4v) is 2.52. The van der Waals surface area contributed by atoms with Crippen LogP contribution in [0.4, 0.5) is 10.1 Å². The molecule has 1 N–H and O–H groups in total. The molecule has 1 saturated heterocycles. The molecule has 1 aromatic carbocycles. The summed E-state index contributed by atoms with van der Waals surface area (Å²) < 4.78 is 14.1. The van der Waals surface area contributed by atoms with Gasteiger partial charge < -0.3 is 14.9 Å². The van der Waals surface area contributed by atoms with Crippen molar-refractivity contribution < 1.29 is 14.3 Å². The lowest BCUT2D eigenvalue weighted by molar-refractivity contribution is -0.134. The summed E-state index contributed by atoms with van der Waals surface area (Å²) in [5.41, 5.74) is 0.797. The van der Waals surface area contributed by atoms with E-state index in [2.05, 4.69) is 15.9 Å². The Morgan fingerprint density at radius 1 is 1.33 bits per heavy atom. The molecule has 0 atom stereocenters. The zero-order valence-electron chi connectivity index (χ0n) is 9.77. The molecule has 0 aromatic heterocycles. The van der Waals surface area contributed by atoms with Gasteiger partial charge in [0.2, 0.25) is 5.91 Å². The van der Waals surface area contributed by atoms with Crippen LogP contribution in [0.25, 0.3) is 0 Å². The average molecular weight is 317 g/mol. The van der Waals surface area contributed by atoms with E-state index in [1.54, 1.807) is 11.0 Å². The van der Waals surface area contributed by atoms with E-state index in [0.29, 0.717) is 26.2 Å². The van der Waals surface area contributed by atoms with Gasteiger partial charge in [0.1, 0.15) is 12.4 Å². The van der Waals surface area contributed by atoms with Crippen molar-refractivity contribution in [3.63, 3.8) is 0 Å². The number of rotatable bonds is 2. The fraction of sp³-hybridized carbons (Fsp3) is 0.417. The van der Waals surface area contributed by atoms with Crippen molar-refractivity contribution in [2.24, 2.45) is 0 Å². The lowest BCUT2D eigenvalue weighted by Crippen LogP contribution is -2.49. The van der Waals surface area contributed by atoms with E-state index < -0.39 is 6.61 Å². The monoisotopic (exact) mass is 316 g/mol. The van der Waals surface area contributed by atoms with Gasteiger partial charge in [-0.25, -0.2) is 4.39 Å². The zero-order chi connectivity index (χ0) is 13.1. The molecule has 98 valence electrons. The zero-order valence-corrected chi connectivity index (χ0v) is 11.4. The molecule has 0 aliphatic carbocycles. The highest BCUT2D eigenvalue weighted by Crippen LogP contribution is 2.27. The van der Waals surface area contributed by atoms with Gasteiger partial charge in [-0.3, -0.25) is 4.79 Å². The number of amides is 1. The van der Waals surface area contributed by atoms with Crippen molar-refractivity contribution in [2.75, 3.05) is 37.7 Å². The van der Waals surface area contributed by atoms with Crippen molar-refractivity contribution in [3.05, 3.63) is 28.5 Å². The summed E-state index contributed by atoms with van der Waals surface area (Å²) in [6, 6.07) is 4.56. The first-order valence-corrected chi connectivity index (χ1v) is 6.50. The van der Waals surface area contributed by atoms with Crippen molar-refractivity contribution in [1.82, 2.24) is 4.90 Å². The van der Waals surface area contributed by atoms with Crippen LogP contribution in [0.5, 0.6) is 0 Å². The maximum Gasteiger partial charge on any atom is 0.248 e. The topological polar surface area (TPSA) is 43.8 Å². The first kappa shape index (κ1) is 13.3. The highest BCUT2D eigenvalue weighted by Gasteiger charge is 2.21. The van der Waals surface area contributed by atoms with Gasteiger partial charge in [0.05, 0.1) is 5.69 Å². The minimum atomic E-state index is -0.455. The second-order valence-corrected chi connectivity index (χ2v) is 4.98. The summed E-state index contributed by atoms with van der Waals surface area (Å²) in [7, 11) is 0. The maximum atomic E-state index is 13.2. The minimum Gasteiger partial charge on any atom is -0.387 e. The maximum absolute atomic E-state index is 13.2. The molecule has 18 heavy (non-hydrogen) atoms. The van der Waals surface area contributed by atoms with Gasteiger partial charge in [-0.2, -0.15) is 0 Å². The summed E-state index contributed by atoms with van der Waals surface area (Å²) in [5.74, 6) is -0.532. The molecule has 0 unspecified atom stereocenters. The molecular weight excluding hydrogens is 303 g/mol. The van der Waals surface area contributed by atoms with Gasteiger partial charge in [0.25, 0.3) is 0 Å². The Morgan fingerprint density at radius 2 is 2.00 bits per heavy atom. The van der Waals surface area contributed by atoms with Crippen LogP contribution in [0.2, 0.25) is 0 Å². The number of piperazine rings is 1. The number of aliphatic hydroxyl groups is 1.